The molecular weight excluding hydrogens is 437 g/mol. The summed E-state index contributed by atoms with van der Waals surface area (Å²) in [5, 5.41) is 10.7. The second-order valence-electron chi connectivity index (χ2n) is 9.25. The van der Waals surface area contributed by atoms with Crippen molar-refractivity contribution in [3.8, 4) is 5.82 Å². The molecule has 3 unspecified atom stereocenters. The molecule has 0 aromatic carbocycles. The van der Waals surface area contributed by atoms with Crippen molar-refractivity contribution in [3.63, 3.8) is 0 Å². The number of aromatic nitrogens is 5. The molecule has 33 heavy (non-hydrogen) atoms. The Morgan fingerprint density at radius 2 is 1.88 bits per heavy atom. The Hall–Kier alpha value is -2.66. The third-order valence-electron chi connectivity index (χ3n) is 7.18. The SMILES string of the molecule is C[C@@H]1COCCC1c1cc(N2C3CCC2COC3)nc2c1c(C(F)(F)F)nn2-c1ccn[nH]1. The number of morpholine rings is 1. The highest BCUT2D eigenvalue weighted by molar-refractivity contribution is 5.86. The lowest BCUT2D eigenvalue weighted by molar-refractivity contribution is -0.140. The number of fused-ring (bicyclic) bond motifs is 3. The van der Waals surface area contributed by atoms with E-state index in [1.807, 2.05) is 13.0 Å². The predicted molar refractivity (Wildman–Crippen MR) is 113 cm³/mol. The summed E-state index contributed by atoms with van der Waals surface area (Å²) in [4.78, 5) is 7.05. The third kappa shape index (κ3) is 3.40. The Morgan fingerprint density at radius 1 is 1.09 bits per heavy atom. The molecule has 176 valence electrons. The zero-order valence-corrected chi connectivity index (χ0v) is 18.2. The van der Waals surface area contributed by atoms with Gasteiger partial charge in [-0.2, -0.15) is 28.1 Å². The van der Waals surface area contributed by atoms with Crippen molar-refractivity contribution >= 4 is 16.9 Å². The molecule has 3 fully saturated rings. The summed E-state index contributed by atoms with van der Waals surface area (Å²) in [6.07, 6.45) is -0.498. The van der Waals surface area contributed by atoms with Crippen LogP contribution in [0.5, 0.6) is 0 Å². The number of nitrogens with one attached hydrogen (secondary N) is 1. The van der Waals surface area contributed by atoms with E-state index in [4.69, 9.17) is 14.5 Å². The number of hydrogen-bond donors (Lipinski definition) is 1. The van der Waals surface area contributed by atoms with Crippen molar-refractivity contribution in [2.45, 2.75) is 50.4 Å². The zero-order chi connectivity index (χ0) is 22.7. The van der Waals surface area contributed by atoms with E-state index in [-0.39, 0.29) is 35.0 Å². The Balaban J connectivity index is 1.63. The highest BCUT2D eigenvalue weighted by atomic mass is 19.4. The first kappa shape index (κ1) is 20.9. The third-order valence-corrected chi connectivity index (χ3v) is 7.18. The number of H-pyrrole nitrogens is 1. The summed E-state index contributed by atoms with van der Waals surface area (Å²) in [7, 11) is 0. The van der Waals surface area contributed by atoms with Crippen LogP contribution in [0.3, 0.4) is 0 Å². The average Bonchev–Trinajstić information content (AvgIpc) is 3.49. The van der Waals surface area contributed by atoms with Gasteiger partial charge in [-0.3, -0.25) is 5.10 Å². The van der Waals surface area contributed by atoms with Crippen molar-refractivity contribution in [3.05, 3.63) is 29.6 Å². The molecule has 3 aromatic heterocycles. The molecule has 4 atom stereocenters. The molecule has 3 aliphatic rings. The minimum atomic E-state index is -4.62. The van der Waals surface area contributed by atoms with Crippen molar-refractivity contribution in [2.75, 3.05) is 31.3 Å². The molecule has 0 amide bonds. The van der Waals surface area contributed by atoms with Crippen LogP contribution in [0.25, 0.3) is 16.9 Å². The van der Waals surface area contributed by atoms with Crippen molar-refractivity contribution in [1.29, 1.82) is 0 Å². The summed E-state index contributed by atoms with van der Waals surface area (Å²) in [5.41, 5.74) is -0.0665. The van der Waals surface area contributed by atoms with Gasteiger partial charge >= 0.3 is 6.18 Å². The molecule has 11 heteroatoms. The van der Waals surface area contributed by atoms with E-state index in [1.165, 1.54) is 10.9 Å². The summed E-state index contributed by atoms with van der Waals surface area (Å²) in [5.74, 6) is 1.04. The number of rotatable bonds is 3. The normalized spacial score (nSPS) is 28.1. The van der Waals surface area contributed by atoms with Crippen LogP contribution < -0.4 is 4.90 Å². The number of halogens is 3. The Labute approximate surface area is 188 Å². The molecule has 2 bridgehead atoms. The van der Waals surface area contributed by atoms with E-state index in [2.05, 4.69) is 20.2 Å². The summed E-state index contributed by atoms with van der Waals surface area (Å²) >= 11 is 0. The van der Waals surface area contributed by atoms with E-state index in [9.17, 15) is 13.2 Å². The molecule has 3 aliphatic heterocycles. The van der Waals surface area contributed by atoms with E-state index in [0.29, 0.717) is 50.0 Å². The van der Waals surface area contributed by atoms with Gasteiger partial charge in [-0.1, -0.05) is 6.92 Å². The Kier molecular flexibility index (Phi) is 4.88. The van der Waals surface area contributed by atoms with Crippen LogP contribution in [0.1, 0.15) is 43.4 Å². The molecule has 0 saturated carbocycles. The van der Waals surface area contributed by atoms with Crippen molar-refractivity contribution in [1.82, 2.24) is 25.0 Å². The molecule has 0 aliphatic carbocycles. The van der Waals surface area contributed by atoms with Gasteiger partial charge < -0.3 is 14.4 Å². The topological polar surface area (TPSA) is 81.1 Å². The van der Waals surface area contributed by atoms with Gasteiger partial charge in [0.1, 0.15) is 5.82 Å². The maximum atomic E-state index is 14.2. The molecule has 6 heterocycles. The number of anilines is 1. The first-order chi connectivity index (χ1) is 15.9. The van der Waals surface area contributed by atoms with Gasteiger partial charge in [0.15, 0.2) is 17.2 Å². The van der Waals surface area contributed by atoms with Gasteiger partial charge in [-0.05, 0) is 42.7 Å². The van der Waals surface area contributed by atoms with Crippen LogP contribution in [0.15, 0.2) is 18.3 Å². The lowest BCUT2D eigenvalue weighted by atomic mass is 9.82. The summed E-state index contributed by atoms with van der Waals surface area (Å²) in [6, 6.07) is 3.83. The molecule has 8 nitrogen and oxygen atoms in total. The Bertz CT molecular complexity index is 1150. The second kappa shape index (κ2) is 7.69. The number of nitrogens with zero attached hydrogens (tertiary/aromatic N) is 5. The van der Waals surface area contributed by atoms with E-state index < -0.39 is 11.9 Å². The number of pyridine rings is 1. The number of hydrogen-bond acceptors (Lipinski definition) is 6. The minimum absolute atomic E-state index is 0.0696. The van der Waals surface area contributed by atoms with E-state index in [1.54, 1.807) is 6.07 Å². The first-order valence-corrected chi connectivity index (χ1v) is 11.4. The summed E-state index contributed by atoms with van der Waals surface area (Å²) in [6.45, 7) is 4.27. The maximum Gasteiger partial charge on any atom is 0.435 e. The largest absolute Gasteiger partial charge is 0.435 e. The highest BCUT2D eigenvalue weighted by Crippen LogP contribution is 2.44. The average molecular weight is 462 g/mol. The maximum absolute atomic E-state index is 14.2. The quantitative estimate of drug-likeness (QED) is 0.640. The first-order valence-electron chi connectivity index (χ1n) is 11.4. The lowest BCUT2D eigenvalue weighted by Gasteiger charge is -2.37. The molecule has 6 rings (SSSR count). The lowest BCUT2D eigenvalue weighted by Crippen LogP contribution is -2.46. The standard InChI is InChI=1S/C22H25F3N6O2/c1-12-9-32-7-5-15(12)16-8-18(30-13-2-3-14(30)11-33-10-13)27-21-19(16)20(22(23,24)25)29-31(21)17-4-6-26-28-17/h4,6,8,12-15H,2-3,5,7,9-11H2,1H3,(H,26,28)/t12-,13?,14?,15?/m1/s1. The Morgan fingerprint density at radius 3 is 2.55 bits per heavy atom. The molecule has 1 N–H and O–H groups in total. The number of aromatic amines is 1. The van der Waals surface area contributed by atoms with E-state index >= 15 is 0 Å². The number of alkyl halides is 3. The summed E-state index contributed by atoms with van der Waals surface area (Å²) < 4.78 is 55.2. The minimum Gasteiger partial charge on any atom is -0.381 e. The van der Waals surface area contributed by atoms with Crippen LogP contribution in [0.4, 0.5) is 19.0 Å². The zero-order valence-electron chi connectivity index (χ0n) is 18.2. The fourth-order valence-electron chi connectivity index (χ4n) is 5.63. The fraction of sp³-hybridized carbons (Fsp3) is 0.591. The van der Waals surface area contributed by atoms with Gasteiger partial charge in [-0.25, -0.2) is 4.98 Å². The van der Waals surface area contributed by atoms with Crippen LogP contribution in [0, 0.1) is 5.92 Å². The van der Waals surface area contributed by atoms with Crippen molar-refractivity contribution in [2.24, 2.45) is 5.92 Å². The van der Waals surface area contributed by atoms with Crippen LogP contribution in [-0.4, -0.2) is 63.5 Å². The van der Waals surface area contributed by atoms with Crippen molar-refractivity contribution < 1.29 is 22.6 Å². The van der Waals surface area contributed by atoms with E-state index in [0.717, 1.165) is 12.8 Å². The van der Waals surface area contributed by atoms with Gasteiger partial charge in [0, 0.05) is 19.3 Å². The molecular formula is C22H25F3N6O2. The predicted octanol–water partition coefficient (Wildman–Crippen LogP) is 3.67. The second-order valence-corrected chi connectivity index (χ2v) is 9.25. The van der Waals surface area contributed by atoms with Gasteiger partial charge in [0.2, 0.25) is 0 Å². The van der Waals surface area contributed by atoms with Crippen LogP contribution in [-0.2, 0) is 15.7 Å². The smallest absolute Gasteiger partial charge is 0.381 e. The fourth-order valence-corrected chi connectivity index (χ4v) is 5.63. The van der Waals surface area contributed by atoms with Crippen LogP contribution >= 0.6 is 0 Å². The highest BCUT2D eigenvalue weighted by Gasteiger charge is 2.43. The number of ether oxygens (including phenoxy) is 2. The van der Waals surface area contributed by atoms with Gasteiger partial charge in [-0.15, -0.1) is 0 Å². The van der Waals surface area contributed by atoms with Gasteiger partial charge in [0.25, 0.3) is 0 Å². The molecule has 0 radical (unpaired) electrons. The molecule has 0 spiro atoms. The molecule has 3 aromatic rings. The molecule has 3 saturated heterocycles. The van der Waals surface area contributed by atoms with Crippen LogP contribution in [0.2, 0.25) is 0 Å². The van der Waals surface area contributed by atoms with Gasteiger partial charge in [0.05, 0.1) is 36.9 Å². The monoisotopic (exact) mass is 462 g/mol.